The van der Waals surface area contributed by atoms with Gasteiger partial charge in [0, 0.05) is 25.6 Å². The lowest BCUT2D eigenvalue weighted by Gasteiger charge is -2.30. The van der Waals surface area contributed by atoms with Crippen molar-refractivity contribution in [3.63, 3.8) is 0 Å². The highest BCUT2D eigenvalue weighted by Crippen LogP contribution is 2.34. The summed E-state index contributed by atoms with van der Waals surface area (Å²) in [5.74, 6) is -2.02. The van der Waals surface area contributed by atoms with Crippen molar-refractivity contribution in [2.24, 2.45) is 5.92 Å². The average Bonchev–Trinajstić information content (AvgIpc) is 2.54. The highest BCUT2D eigenvalue weighted by atomic mass is 32.2. The zero-order valence-electron chi connectivity index (χ0n) is 13.4. The van der Waals surface area contributed by atoms with Crippen LogP contribution in [0.3, 0.4) is 0 Å². The van der Waals surface area contributed by atoms with Gasteiger partial charge in [-0.3, -0.25) is 4.79 Å². The first kappa shape index (κ1) is 19.6. The van der Waals surface area contributed by atoms with E-state index >= 15 is 0 Å². The number of nitrogens with one attached hydrogen (secondary N) is 1. The van der Waals surface area contributed by atoms with Crippen LogP contribution in [0.25, 0.3) is 0 Å². The first-order valence-corrected chi connectivity index (χ1v) is 9.16. The van der Waals surface area contributed by atoms with Crippen LogP contribution < -0.4 is 5.32 Å². The molecule has 5 nitrogen and oxygen atoms in total. The van der Waals surface area contributed by atoms with Crippen LogP contribution >= 0.6 is 0 Å². The second-order valence-corrected chi connectivity index (χ2v) is 7.65. The molecule has 1 aromatic rings. The third-order valence-corrected chi connectivity index (χ3v) is 5.95. The smallest absolute Gasteiger partial charge is 0.356 e. The molecule has 0 radical (unpaired) electrons. The number of rotatable bonds is 4. The minimum Gasteiger partial charge on any atom is -0.356 e. The quantitative estimate of drug-likeness (QED) is 0.814. The fraction of sp³-hybridized carbons (Fsp3) is 0.533. The molecule has 1 fully saturated rings. The molecular formula is C15H18F4N2O3S. The number of piperidine rings is 1. The summed E-state index contributed by atoms with van der Waals surface area (Å²) in [5, 5.41) is 2.66. The van der Waals surface area contributed by atoms with E-state index in [4.69, 9.17) is 0 Å². The molecule has 1 N–H and O–H groups in total. The van der Waals surface area contributed by atoms with Gasteiger partial charge in [0.1, 0.15) is 5.82 Å². The second kappa shape index (κ2) is 7.28. The molecular weight excluding hydrogens is 364 g/mol. The lowest BCUT2D eigenvalue weighted by molar-refractivity contribution is -0.140. The first-order chi connectivity index (χ1) is 11.6. The Morgan fingerprint density at radius 1 is 1.28 bits per heavy atom. The van der Waals surface area contributed by atoms with E-state index in [0.29, 0.717) is 18.7 Å². The van der Waals surface area contributed by atoms with Crippen LogP contribution in [0.1, 0.15) is 25.3 Å². The van der Waals surface area contributed by atoms with Crippen molar-refractivity contribution >= 4 is 15.9 Å². The minimum absolute atomic E-state index is 0.0167. The maximum absolute atomic E-state index is 13.3. The van der Waals surface area contributed by atoms with Gasteiger partial charge in [0.05, 0.1) is 10.5 Å². The molecule has 0 atom stereocenters. The summed E-state index contributed by atoms with van der Waals surface area (Å²) in [6, 6.07) is 1.62. The van der Waals surface area contributed by atoms with Gasteiger partial charge < -0.3 is 5.32 Å². The Morgan fingerprint density at radius 2 is 1.88 bits per heavy atom. The van der Waals surface area contributed by atoms with Crippen LogP contribution in [0.15, 0.2) is 23.1 Å². The maximum atomic E-state index is 13.3. The number of hydrogen-bond donors (Lipinski definition) is 1. The Morgan fingerprint density at radius 3 is 2.40 bits per heavy atom. The largest absolute Gasteiger partial charge is 0.419 e. The summed E-state index contributed by atoms with van der Waals surface area (Å²) in [6.45, 7) is 2.27. The van der Waals surface area contributed by atoms with E-state index in [1.54, 1.807) is 6.92 Å². The third kappa shape index (κ3) is 4.30. The van der Waals surface area contributed by atoms with Gasteiger partial charge in [-0.15, -0.1) is 0 Å². The second-order valence-electron chi connectivity index (χ2n) is 5.71. The van der Waals surface area contributed by atoms with Crippen molar-refractivity contribution in [1.29, 1.82) is 0 Å². The van der Waals surface area contributed by atoms with Crippen molar-refractivity contribution < 1.29 is 30.8 Å². The van der Waals surface area contributed by atoms with E-state index in [0.717, 1.165) is 10.4 Å². The van der Waals surface area contributed by atoms with E-state index in [-0.39, 0.29) is 37.8 Å². The number of sulfonamides is 1. The highest BCUT2D eigenvalue weighted by Gasteiger charge is 2.37. The minimum atomic E-state index is -4.99. The van der Waals surface area contributed by atoms with Gasteiger partial charge in [-0.05, 0) is 38.0 Å². The zero-order valence-corrected chi connectivity index (χ0v) is 14.3. The molecule has 0 unspecified atom stereocenters. The molecule has 0 saturated carbocycles. The first-order valence-electron chi connectivity index (χ1n) is 7.72. The average molecular weight is 382 g/mol. The molecule has 1 aliphatic rings. The number of carbonyl (C=O) groups excluding carboxylic acids is 1. The summed E-state index contributed by atoms with van der Waals surface area (Å²) in [5.41, 5.74) is -1.62. The SMILES string of the molecule is CCNC(=O)C1CCN(S(=O)(=O)c2ccc(F)c(C(F)(F)F)c2)CC1. The fourth-order valence-corrected chi connectivity index (χ4v) is 4.20. The van der Waals surface area contributed by atoms with Crippen LogP contribution in [0.5, 0.6) is 0 Å². The number of nitrogens with zero attached hydrogens (tertiary/aromatic N) is 1. The Hall–Kier alpha value is -1.68. The van der Waals surface area contributed by atoms with Gasteiger partial charge in [-0.2, -0.15) is 17.5 Å². The Labute approximate surface area is 143 Å². The summed E-state index contributed by atoms with van der Waals surface area (Å²) < 4.78 is 77.7. The third-order valence-electron chi connectivity index (χ3n) is 4.06. The van der Waals surface area contributed by atoms with Crippen LogP contribution in [-0.2, 0) is 21.0 Å². The van der Waals surface area contributed by atoms with Crippen LogP contribution in [0, 0.1) is 11.7 Å². The number of benzene rings is 1. The lowest BCUT2D eigenvalue weighted by Crippen LogP contribution is -2.43. The van der Waals surface area contributed by atoms with Gasteiger partial charge in [-0.1, -0.05) is 0 Å². The topological polar surface area (TPSA) is 66.5 Å². The molecule has 140 valence electrons. The van der Waals surface area contributed by atoms with Gasteiger partial charge in [0.25, 0.3) is 0 Å². The molecule has 2 rings (SSSR count). The van der Waals surface area contributed by atoms with E-state index in [2.05, 4.69) is 5.32 Å². The maximum Gasteiger partial charge on any atom is 0.419 e. The predicted molar refractivity (Wildman–Crippen MR) is 81.6 cm³/mol. The molecule has 25 heavy (non-hydrogen) atoms. The van der Waals surface area contributed by atoms with Gasteiger partial charge in [-0.25, -0.2) is 12.8 Å². The predicted octanol–water partition coefficient (Wildman–Crippen LogP) is 2.38. The Balaban J connectivity index is 2.19. The van der Waals surface area contributed by atoms with Gasteiger partial charge in [0.15, 0.2) is 0 Å². The number of amides is 1. The molecule has 0 spiro atoms. The van der Waals surface area contributed by atoms with Crippen LogP contribution in [-0.4, -0.2) is 38.3 Å². The molecule has 1 heterocycles. The molecule has 1 amide bonds. The van der Waals surface area contributed by atoms with E-state index in [1.165, 1.54) is 0 Å². The number of hydrogen-bond acceptors (Lipinski definition) is 3. The van der Waals surface area contributed by atoms with Crippen molar-refractivity contribution in [3.8, 4) is 0 Å². The number of halogens is 4. The zero-order chi connectivity index (χ0) is 18.8. The molecule has 1 aromatic carbocycles. The van der Waals surface area contributed by atoms with Crippen molar-refractivity contribution in [3.05, 3.63) is 29.6 Å². The monoisotopic (exact) mass is 382 g/mol. The molecule has 1 saturated heterocycles. The van der Waals surface area contributed by atoms with E-state index < -0.39 is 32.5 Å². The van der Waals surface area contributed by atoms with Crippen molar-refractivity contribution in [2.45, 2.75) is 30.8 Å². The number of alkyl halides is 3. The van der Waals surface area contributed by atoms with Crippen molar-refractivity contribution in [2.75, 3.05) is 19.6 Å². The Bertz CT molecular complexity index is 742. The van der Waals surface area contributed by atoms with E-state index in [1.807, 2.05) is 0 Å². The lowest BCUT2D eigenvalue weighted by atomic mass is 9.97. The van der Waals surface area contributed by atoms with Crippen molar-refractivity contribution in [1.82, 2.24) is 9.62 Å². The summed E-state index contributed by atoms with van der Waals surface area (Å²) in [6.07, 6.45) is -4.43. The molecule has 0 aromatic heterocycles. The Kier molecular flexibility index (Phi) is 5.72. The molecule has 1 aliphatic heterocycles. The van der Waals surface area contributed by atoms with Crippen LogP contribution in [0.2, 0.25) is 0 Å². The summed E-state index contributed by atoms with van der Waals surface area (Å²) in [7, 11) is -4.19. The standard InChI is InChI=1S/C15H18F4N2O3S/c1-2-20-14(22)10-5-7-21(8-6-10)25(23,24)11-3-4-13(16)12(9-11)15(17,18)19/h3-4,9-10H,2,5-8H2,1H3,(H,20,22). The molecule has 10 heteroatoms. The fourth-order valence-electron chi connectivity index (χ4n) is 2.71. The van der Waals surface area contributed by atoms with Gasteiger partial charge >= 0.3 is 6.18 Å². The van der Waals surface area contributed by atoms with Gasteiger partial charge in [0.2, 0.25) is 15.9 Å². The summed E-state index contributed by atoms with van der Waals surface area (Å²) >= 11 is 0. The molecule has 0 bridgehead atoms. The van der Waals surface area contributed by atoms with Crippen LogP contribution in [0.4, 0.5) is 17.6 Å². The highest BCUT2D eigenvalue weighted by molar-refractivity contribution is 7.89. The molecule has 0 aliphatic carbocycles. The van der Waals surface area contributed by atoms with E-state index in [9.17, 15) is 30.8 Å². The number of carbonyl (C=O) groups is 1. The summed E-state index contributed by atoms with van der Waals surface area (Å²) in [4.78, 5) is 11.2. The normalized spacial score (nSPS) is 17.5.